The van der Waals surface area contributed by atoms with Crippen molar-refractivity contribution in [3.8, 4) is 11.5 Å². The van der Waals surface area contributed by atoms with Gasteiger partial charge in [0.15, 0.2) is 0 Å². The first-order chi connectivity index (χ1) is 37.1. The van der Waals surface area contributed by atoms with Crippen LogP contribution in [0.15, 0.2) is 82.9 Å². The molecule has 3 fully saturated rings. The molecule has 78 heavy (non-hydrogen) atoms. The number of carbonyl (C=O) groups excluding carboxylic acids is 5. The van der Waals surface area contributed by atoms with E-state index in [0.29, 0.717) is 56.9 Å². The molecule has 2 aromatic carbocycles. The van der Waals surface area contributed by atoms with Gasteiger partial charge in [0.05, 0.1) is 41.0 Å². The number of benzene rings is 2. The number of nitrogens with zero attached hydrogens (tertiary/aromatic N) is 4. The van der Waals surface area contributed by atoms with Crippen molar-refractivity contribution in [3.05, 3.63) is 106 Å². The lowest BCUT2D eigenvalue weighted by Crippen LogP contribution is -2.55. The van der Waals surface area contributed by atoms with Crippen molar-refractivity contribution < 1.29 is 53.5 Å². The zero-order valence-electron chi connectivity index (χ0n) is 46.8. The SMILES string of the molecule is C/C1=C/C=C/[C@H](C)[C@H](O)[C@@H](C)[C@@H](O)[C@@H](C)[C@H](OC(=O)CC(=O)N2CCC3C(CCCN3Cc3ccccc3)C2)[C@H](C)C/C=C/O[C@@]2(C)Oc3c(C)c(O)c4c(c3C2=O)C2=NC3(CCN(CC(C)C)CC3)NC2=C(NC1=O)C4=O. The first-order valence-corrected chi connectivity index (χ1v) is 28.2. The number of aliphatic hydroxyl groups is 2. The van der Waals surface area contributed by atoms with Gasteiger partial charge in [0.25, 0.3) is 11.7 Å². The van der Waals surface area contributed by atoms with E-state index in [-0.39, 0.29) is 63.0 Å². The van der Waals surface area contributed by atoms with Crippen LogP contribution < -0.4 is 15.4 Å². The summed E-state index contributed by atoms with van der Waals surface area (Å²) < 4.78 is 18.8. The third-order valence-electron chi connectivity index (χ3n) is 17.6. The molecule has 7 heterocycles. The number of rotatable bonds is 7. The van der Waals surface area contributed by atoms with E-state index < -0.39 is 89.0 Å². The Labute approximate surface area is 458 Å². The highest BCUT2D eigenvalue weighted by Crippen LogP contribution is 2.50. The molecule has 1 aliphatic carbocycles. The Hall–Kier alpha value is -6.14. The Morgan fingerprint density at radius 3 is 2.37 bits per heavy atom. The standard InChI is InChI=1S/C61H80N6O11/c1-34(2)31-65-27-23-61(24-28-65)63-49-46-47-54(72)40(8)57-48(46)58(74)60(9,78-57)76-29-15-18-36(4)56(39(7)53(71)38(6)52(70)35(3)16-13-17-37(5)59(75)62-51(55(47)73)50(49)64-61)77-45(69)30-44(68)67-26-22-43-42(33-67)21-14-25-66(43)32-41-19-11-10-12-20-41/h10-13,15-17,19-20,29,34-36,38-39,42-43,52-53,56,64,70-72H,14,18,21-28,30-33H2,1-9H3,(H,62,75)/b16-13+,29-15+,37-17-/t35-,36+,38+,39+,42?,43?,52-,53+,56+,60-/m0/s1. The average Bonchev–Trinajstić information content (AvgIpc) is 4.13. The normalized spacial score (nSPS) is 32.2. The number of amides is 2. The van der Waals surface area contributed by atoms with Crippen LogP contribution in [0.2, 0.25) is 0 Å². The molecule has 1 spiro atoms. The van der Waals surface area contributed by atoms with Gasteiger partial charge in [-0.3, -0.25) is 33.9 Å². The summed E-state index contributed by atoms with van der Waals surface area (Å²) in [5, 5.41) is 42.0. The maximum Gasteiger partial charge on any atom is 0.315 e. The van der Waals surface area contributed by atoms with Crippen molar-refractivity contribution in [2.75, 3.05) is 39.3 Å². The number of hydrogen-bond donors (Lipinski definition) is 5. The van der Waals surface area contributed by atoms with E-state index in [1.54, 1.807) is 63.8 Å². The van der Waals surface area contributed by atoms with Gasteiger partial charge in [-0.15, -0.1) is 0 Å². The molecule has 7 aliphatic heterocycles. The molecule has 17 heteroatoms. The zero-order chi connectivity index (χ0) is 56.0. The number of ether oxygens (including phenoxy) is 3. The van der Waals surface area contributed by atoms with Crippen LogP contribution in [0, 0.1) is 42.4 Å². The van der Waals surface area contributed by atoms with Crippen molar-refractivity contribution in [1.29, 1.82) is 0 Å². The minimum Gasteiger partial charge on any atom is -0.507 e. The number of esters is 1. The number of phenols is 1. The molecule has 10 rings (SSSR count). The van der Waals surface area contributed by atoms with E-state index in [0.717, 1.165) is 38.9 Å². The van der Waals surface area contributed by atoms with Crippen molar-refractivity contribution >= 4 is 35.1 Å². The van der Waals surface area contributed by atoms with Crippen LogP contribution in [-0.4, -0.2) is 140 Å². The van der Waals surface area contributed by atoms with Crippen LogP contribution in [0.4, 0.5) is 0 Å². The highest BCUT2D eigenvalue weighted by molar-refractivity contribution is 6.34. The molecule has 0 radical (unpaired) electrons. The van der Waals surface area contributed by atoms with Crippen LogP contribution in [0.5, 0.6) is 11.5 Å². The number of carbonyl (C=O) groups is 5. The molecule has 2 amide bonds. The number of ketones is 2. The summed E-state index contributed by atoms with van der Waals surface area (Å²) in [5.41, 5.74) is 1.06. The van der Waals surface area contributed by atoms with E-state index in [2.05, 4.69) is 58.5 Å². The molecule has 10 atom stereocenters. The highest BCUT2D eigenvalue weighted by Gasteiger charge is 2.54. The third kappa shape index (κ3) is 11.2. The van der Waals surface area contributed by atoms with Crippen LogP contribution in [0.1, 0.15) is 138 Å². The number of likely N-dealkylation sites (tertiary alicyclic amines) is 3. The monoisotopic (exact) mass is 1070 g/mol. The number of hydrogen-bond acceptors (Lipinski definition) is 15. The van der Waals surface area contributed by atoms with Crippen molar-refractivity contribution in [1.82, 2.24) is 25.3 Å². The van der Waals surface area contributed by atoms with E-state index in [4.69, 9.17) is 19.2 Å². The average molecular weight is 1070 g/mol. The molecular formula is C61H80N6O11. The summed E-state index contributed by atoms with van der Waals surface area (Å²) in [5.74, 6) is -7.01. The van der Waals surface area contributed by atoms with Crippen LogP contribution >= 0.6 is 0 Å². The molecule has 3 saturated heterocycles. The molecule has 420 valence electrons. The summed E-state index contributed by atoms with van der Waals surface area (Å²) in [6, 6.07) is 10.8. The predicted molar refractivity (Wildman–Crippen MR) is 294 cm³/mol. The van der Waals surface area contributed by atoms with Gasteiger partial charge >= 0.3 is 11.8 Å². The van der Waals surface area contributed by atoms with E-state index in [9.17, 15) is 39.3 Å². The van der Waals surface area contributed by atoms with Gasteiger partial charge in [-0.25, -0.2) is 0 Å². The predicted octanol–water partition coefficient (Wildman–Crippen LogP) is 6.87. The van der Waals surface area contributed by atoms with Gasteiger partial charge in [0, 0.05) is 99.5 Å². The summed E-state index contributed by atoms with van der Waals surface area (Å²) >= 11 is 0. The molecule has 2 aromatic rings. The number of nitrogens with one attached hydrogen (secondary N) is 2. The summed E-state index contributed by atoms with van der Waals surface area (Å²) in [6.07, 6.45) is 8.46. The maximum atomic E-state index is 14.9. The lowest BCUT2D eigenvalue weighted by molar-refractivity contribution is -0.163. The molecule has 5 bridgehead atoms. The minimum absolute atomic E-state index is 0.0224. The first kappa shape index (κ1) is 56.6. The molecular weight excluding hydrogens is 993 g/mol. The summed E-state index contributed by atoms with van der Waals surface area (Å²) in [7, 11) is 0. The molecule has 17 nitrogen and oxygen atoms in total. The van der Waals surface area contributed by atoms with Gasteiger partial charge in [0.2, 0.25) is 11.7 Å². The number of aliphatic hydroxyl groups excluding tert-OH is 2. The Balaban J connectivity index is 0.985. The molecule has 2 unspecified atom stereocenters. The van der Waals surface area contributed by atoms with E-state index >= 15 is 0 Å². The summed E-state index contributed by atoms with van der Waals surface area (Å²) in [4.78, 5) is 83.7. The highest BCUT2D eigenvalue weighted by atomic mass is 16.7. The van der Waals surface area contributed by atoms with Crippen LogP contribution in [0.25, 0.3) is 0 Å². The second-order valence-corrected chi connectivity index (χ2v) is 23.8. The number of fused-ring (bicyclic) bond motifs is 14. The second-order valence-electron chi connectivity index (χ2n) is 23.8. The largest absolute Gasteiger partial charge is 0.507 e. The molecule has 0 saturated carbocycles. The Kier molecular flexibility index (Phi) is 16.6. The number of piperidine rings is 3. The van der Waals surface area contributed by atoms with Crippen LogP contribution in [0.3, 0.4) is 0 Å². The number of aliphatic imine (C=N–C) groups is 1. The van der Waals surface area contributed by atoms with Crippen molar-refractivity contribution in [2.45, 2.75) is 150 Å². The van der Waals surface area contributed by atoms with Gasteiger partial charge < -0.3 is 50.0 Å². The Morgan fingerprint density at radius 2 is 1.65 bits per heavy atom. The fourth-order valence-corrected chi connectivity index (χ4v) is 13.0. The Morgan fingerprint density at radius 1 is 0.923 bits per heavy atom. The van der Waals surface area contributed by atoms with Crippen molar-refractivity contribution in [3.63, 3.8) is 0 Å². The number of aromatic hydroxyl groups is 1. The fraction of sp³-hybridized carbons (Fsp3) is 0.574. The Bertz CT molecular complexity index is 2830. The lowest BCUT2D eigenvalue weighted by Gasteiger charge is -2.47. The van der Waals surface area contributed by atoms with Crippen LogP contribution in [-0.2, 0) is 30.4 Å². The number of allylic oxidation sites excluding steroid dienone is 5. The molecule has 8 aliphatic rings. The van der Waals surface area contributed by atoms with Gasteiger partial charge in [-0.05, 0) is 75.5 Å². The van der Waals surface area contributed by atoms with Crippen molar-refractivity contribution in [2.24, 2.45) is 40.5 Å². The summed E-state index contributed by atoms with van der Waals surface area (Å²) in [6.45, 7) is 21.3. The smallest absolute Gasteiger partial charge is 0.315 e. The third-order valence-corrected chi connectivity index (χ3v) is 17.6. The minimum atomic E-state index is -1.96. The molecule has 0 aromatic heterocycles. The molecule has 5 N–H and O–H groups in total. The lowest BCUT2D eigenvalue weighted by atomic mass is 9.79. The maximum absolute atomic E-state index is 14.9. The zero-order valence-corrected chi connectivity index (χ0v) is 46.8. The first-order valence-electron chi connectivity index (χ1n) is 28.2. The van der Waals surface area contributed by atoms with E-state index in [1.165, 1.54) is 18.7 Å². The second kappa shape index (κ2) is 22.9. The fourth-order valence-electron chi connectivity index (χ4n) is 13.0. The van der Waals surface area contributed by atoms with Gasteiger partial charge in [-0.2, -0.15) is 0 Å². The number of phenolic OH excluding ortho intramolecular Hbond substituents is 1. The quantitative estimate of drug-likeness (QED) is 0.141. The van der Waals surface area contributed by atoms with Gasteiger partial charge in [0.1, 0.15) is 35.4 Å². The van der Waals surface area contributed by atoms with E-state index in [1.807, 2.05) is 13.0 Å². The number of Topliss-reactive ketones (excluding diaryl/α,β-unsaturated/α-hetero) is 2. The topological polar surface area (TPSA) is 220 Å². The van der Waals surface area contributed by atoms with Gasteiger partial charge in [-0.1, -0.05) is 90.1 Å².